The van der Waals surface area contributed by atoms with Crippen molar-refractivity contribution in [2.75, 3.05) is 30.0 Å². The monoisotopic (exact) mass is 412 g/mol. The number of methoxy groups -OCH3 is 1. The SMILES string of the molecule is COc1ccc(N(C)S(C)(=O)=O)cc1C(=O)Nc1ccc(Br)cc1. The molecule has 0 aromatic heterocycles. The van der Waals surface area contributed by atoms with Crippen LogP contribution in [0.1, 0.15) is 10.4 Å². The van der Waals surface area contributed by atoms with E-state index >= 15 is 0 Å². The first-order valence-electron chi connectivity index (χ1n) is 6.91. The Morgan fingerprint density at radius 1 is 1.17 bits per heavy atom. The number of ether oxygens (including phenoxy) is 1. The van der Waals surface area contributed by atoms with Crippen molar-refractivity contribution in [2.24, 2.45) is 0 Å². The molecule has 0 saturated carbocycles. The van der Waals surface area contributed by atoms with Crippen LogP contribution in [0.15, 0.2) is 46.9 Å². The van der Waals surface area contributed by atoms with Gasteiger partial charge in [-0.25, -0.2) is 8.42 Å². The molecule has 0 aliphatic heterocycles. The quantitative estimate of drug-likeness (QED) is 0.818. The number of carbonyl (C=O) groups excluding carboxylic acids is 1. The first kappa shape index (κ1) is 18.3. The molecule has 0 bridgehead atoms. The molecule has 2 aromatic rings. The predicted molar refractivity (Wildman–Crippen MR) is 98.3 cm³/mol. The number of nitrogens with one attached hydrogen (secondary N) is 1. The van der Waals surface area contributed by atoms with Crippen molar-refractivity contribution < 1.29 is 17.9 Å². The van der Waals surface area contributed by atoms with Crippen molar-refractivity contribution in [2.45, 2.75) is 0 Å². The lowest BCUT2D eigenvalue weighted by Crippen LogP contribution is -2.25. The molecule has 24 heavy (non-hydrogen) atoms. The first-order chi connectivity index (χ1) is 11.2. The van der Waals surface area contributed by atoms with Crippen LogP contribution in [0.3, 0.4) is 0 Å². The number of halogens is 1. The van der Waals surface area contributed by atoms with E-state index in [-0.39, 0.29) is 5.56 Å². The van der Waals surface area contributed by atoms with E-state index < -0.39 is 15.9 Å². The standard InChI is InChI=1S/C16H17BrN2O4S/c1-19(24(3,21)22)13-8-9-15(23-2)14(10-13)16(20)18-12-6-4-11(17)5-7-12/h4-10H,1-3H3,(H,18,20). The molecule has 0 saturated heterocycles. The molecule has 1 amide bonds. The lowest BCUT2D eigenvalue weighted by atomic mass is 10.1. The fourth-order valence-corrected chi connectivity index (χ4v) is 2.75. The lowest BCUT2D eigenvalue weighted by molar-refractivity contribution is 0.102. The topological polar surface area (TPSA) is 75.7 Å². The molecule has 0 aliphatic rings. The molecular weight excluding hydrogens is 396 g/mol. The Labute approximate surface area is 149 Å². The summed E-state index contributed by atoms with van der Waals surface area (Å²) in [7, 11) is -0.552. The molecule has 0 atom stereocenters. The highest BCUT2D eigenvalue weighted by atomic mass is 79.9. The average Bonchev–Trinajstić information content (AvgIpc) is 2.54. The zero-order valence-electron chi connectivity index (χ0n) is 13.4. The van der Waals surface area contributed by atoms with Gasteiger partial charge < -0.3 is 10.1 Å². The summed E-state index contributed by atoms with van der Waals surface area (Å²) < 4.78 is 30.6. The van der Waals surface area contributed by atoms with E-state index in [9.17, 15) is 13.2 Å². The minimum Gasteiger partial charge on any atom is -0.496 e. The summed E-state index contributed by atoms with van der Waals surface area (Å²) in [5.41, 5.74) is 1.24. The smallest absolute Gasteiger partial charge is 0.259 e. The number of anilines is 2. The third-order valence-corrected chi connectivity index (χ3v) is 5.13. The van der Waals surface area contributed by atoms with E-state index in [1.807, 2.05) is 0 Å². The molecule has 0 heterocycles. The third kappa shape index (κ3) is 4.27. The summed E-state index contributed by atoms with van der Waals surface area (Å²) in [4.78, 5) is 12.5. The summed E-state index contributed by atoms with van der Waals surface area (Å²) in [5, 5.41) is 2.76. The molecule has 2 aromatic carbocycles. The van der Waals surface area contributed by atoms with Crippen LogP contribution in [-0.4, -0.2) is 34.7 Å². The van der Waals surface area contributed by atoms with Crippen molar-refractivity contribution in [1.29, 1.82) is 0 Å². The molecule has 2 rings (SSSR count). The number of rotatable bonds is 5. The minimum absolute atomic E-state index is 0.244. The van der Waals surface area contributed by atoms with Crippen LogP contribution >= 0.6 is 15.9 Å². The molecule has 1 N–H and O–H groups in total. The van der Waals surface area contributed by atoms with Crippen LogP contribution in [0.4, 0.5) is 11.4 Å². The molecule has 0 radical (unpaired) electrons. The van der Waals surface area contributed by atoms with E-state index in [0.717, 1.165) is 15.0 Å². The molecule has 0 spiro atoms. The Hall–Kier alpha value is -2.06. The molecule has 0 fully saturated rings. The zero-order chi connectivity index (χ0) is 17.9. The van der Waals surface area contributed by atoms with Gasteiger partial charge in [-0.3, -0.25) is 9.10 Å². The molecular formula is C16H17BrN2O4S. The van der Waals surface area contributed by atoms with Crippen LogP contribution in [0, 0.1) is 0 Å². The zero-order valence-corrected chi connectivity index (χ0v) is 15.8. The number of carbonyl (C=O) groups is 1. The Kier molecular flexibility index (Phi) is 5.51. The summed E-state index contributed by atoms with van der Waals surface area (Å²) in [6.07, 6.45) is 1.10. The van der Waals surface area contributed by atoms with Gasteiger partial charge in [0, 0.05) is 17.2 Å². The number of benzene rings is 2. The first-order valence-corrected chi connectivity index (χ1v) is 9.55. The highest BCUT2D eigenvalue weighted by molar-refractivity contribution is 9.10. The second-order valence-electron chi connectivity index (χ2n) is 5.08. The van der Waals surface area contributed by atoms with Crippen LogP contribution in [0.2, 0.25) is 0 Å². The van der Waals surface area contributed by atoms with Gasteiger partial charge in [0.25, 0.3) is 5.91 Å². The van der Waals surface area contributed by atoms with E-state index in [2.05, 4.69) is 21.2 Å². The summed E-state index contributed by atoms with van der Waals surface area (Å²) in [6.45, 7) is 0. The van der Waals surface area contributed by atoms with Gasteiger partial charge in [0.1, 0.15) is 5.75 Å². The van der Waals surface area contributed by atoms with E-state index in [0.29, 0.717) is 17.1 Å². The van der Waals surface area contributed by atoms with Crippen molar-refractivity contribution >= 4 is 43.2 Å². The Bertz CT molecular complexity index is 851. The number of hydrogen-bond acceptors (Lipinski definition) is 4. The Morgan fingerprint density at radius 3 is 2.33 bits per heavy atom. The summed E-state index contributed by atoms with van der Waals surface area (Å²) in [6, 6.07) is 11.7. The van der Waals surface area contributed by atoms with Gasteiger partial charge in [-0.2, -0.15) is 0 Å². The molecule has 0 unspecified atom stereocenters. The van der Waals surface area contributed by atoms with Crippen LogP contribution < -0.4 is 14.4 Å². The van der Waals surface area contributed by atoms with Crippen molar-refractivity contribution in [1.82, 2.24) is 0 Å². The molecule has 128 valence electrons. The maximum absolute atomic E-state index is 12.5. The Morgan fingerprint density at radius 2 is 1.79 bits per heavy atom. The van der Waals surface area contributed by atoms with E-state index in [1.54, 1.807) is 36.4 Å². The van der Waals surface area contributed by atoms with E-state index in [1.165, 1.54) is 20.2 Å². The van der Waals surface area contributed by atoms with Gasteiger partial charge in [-0.15, -0.1) is 0 Å². The molecule has 0 aliphatic carbocycles. The van der Waals surface area contributed by atoms with Crippen molar-refractivity contribution in [3.63, 3.8) is 0 Å². The van der Waals surface area contributed by atoms with Crippen LogP contribution in [-0.2, 0) is 10.0 Å². The highest BCUT2D eigenvalue weighted by Gasteiger charge is 2.18. The van der Waals surface area contributed by atoms with Gasteiger partial charge in [-0.1, -0.05) is 15.9 Å². The summed E-state index contributed by atoms with van der Waals surface area (Å²) >= 11 is 3.33. The van der Waals surface area contributed by atoms with Crippen LogP contribution in [0.25, 0.3) is 0 Å². The minimum atomic E-state index is -3.43. The van der Waals surface area contributed by atoms with Gasteiger partial charge in [-0.05, 0) is 42.5 Å². The highest BCUT2D eigenvalue weighted by Crippen LogP contribution is 2.26. The predicted octanol–water partition coefficient (Wildman–Crippen LogP) is 3.11. The second kappa shape index (κ2) is 7.23. The largest absolute Gasteiger partial charge is 0.496 e. The van der Waals surface area contributed by atoms with Crippen molar-refractivity contribution in [3.8, 4) is 5.75 Å². The van der Waals surface area contributed by atoms with Crippen LogP contribution in [0.5, 0.6) is 5.75 Å². The second-order valence-corrected chi connectivity index (χ2v) is 8.01. The lowest BCUT2D eigenvalue weighted by Gasteiger charge is -2.18. The average molecular weight is 413 g/mol. The van der Waals surface area contributed by atoms with E-state index in [4.69, 9.17) is 4.74 Å². The fraction of sp³-hybridized carbons (Fsp3) is 0.188. The number of hydrogen-bond donors (Lipinski definition) is 1. The van der Waals surface area contributed by atoms with Gasteiger partial charge in [0.2, 0.25) is 10.0 Å². The van der Waals surface area contributed by atoms with Gasteiger partial charge in [0.15, 0.2) is 0 Å². The fourth-order valence-electron chi connectivity index (χ4n) is 1.99. The number of amides is 1. The van der Waals surface area contributed by atoms with Gasteiger partial charge >= 0.3 is 0 Å². The maximum atomic E-state index is 12.5. The maximum Gasteiger partial charge on any atom is 0.259 e. The summed E-state index contributed by atoms with van der Waals surface area (Å²) in [5.74, 6) is -0.0341. The number of nitrogens with zero attached hydrogens (tertiary/aromatic N) is 1. The van der Waals surface area contributed by atoms with Gasteiger partial charge in [0.05, 0.1) is 24.6 Å². The van der Waals surface area contributed by atoms with Crippen molar-refractivity contribution in [3.05, 3.63) is 52.5 Å². The Balaban J connectivity index is 2.36. The third-order valence-electron chi connectivity index (χ3n) is 3.39. The molecule has 8 heteroatoms. The number of sulfonamides is 1. The molecule has 6 nitrogen and oxygen atoms in total. The normalized spacial score (nSPS) is 11.0.